The average Bonchev–Trinajstić information content (AvgIpc) is 1.97. The van der Waals surface area contributed by atoms with Crippen molar-refractivity contribution in [2.75, 3.05) is 0 Å². The van der Waals surface area contributed by atoms with Crippen molar-refractivity contribution in [1.82, 2.24) is 0 Å². The summed E-state index contributed by atoms with van der Waals surface area (Å²) in [4.78, 5) is 0. The summed E-state index contributed by atoms with van der Waals surface area (Å²) in [5.41, 5.74) is 0.0687. The average molecular weight is 188 g/mol. The van der Waals surface area contributed by atoms with Gasteiger partial charge >= 0.3 is 7.12 Å². The second kappa shape index (κ2) is 3.43. The lowest BCUT2D eigenvalue weighted by molar-refractivity contribution is 0.423. The molecule has 0 heterocycles. The lowest BCUT2D eigenvalue weighted by Crippen LogP contribution is -2.34. The smallest absolute Gasteiger partial charge is 0.423 e. The third-order valence-corrected chi connectivity index (χ3v) is 1.91. The molecule has 1 aromatic carbocycles. The highest BCUT2D eigenvalue weighted by Gasteiger charge is 2.21. The van der Waals surface area contributed by atoms with Gasteiger partial charge in [0.15, 0.2) is 0 Å². The molecule has 0 amide bonds. The largest absolute Gasteiger partial charge is 0.493 e. The fourth-order valence-electron chi connectivity index (χ4n) is 0.915. The van der Waals surface area contributed by atoms with Gasteiger partial charge in [-0.05, 0) is 18.6 Å². The highest BCUT2D eigenvalue weighted by atomic mass is 35.5. The molecule has 0 aromatic heterocycles. The van der Waals surface area contributed by atoms with E-state index in [1.54, 1.807) is 0 Å². The van der Waals surface area contributed by atoms with E-state index in [0.29, 0.717) is 5.56 Å². The first-order chi connectivity index (χ1) is 5.54. The summed E-state index contributed by atoms with van der Waals surface area (Å²) < 4.78 is 13.1. The van der Waals surface area contributed by atoms with Crippen LogP contribution in [0.2, 0.25) is 5.02 Å². The van der Waals surface area contributed by atoms with Crippen LogP contribution < -0.4 is 5.46 Å². The van der Waals surface area contributed by atoms with Crippen molar-refractivity contribution < 1.29 is 14.4 Å². The zero-order valence-corrected chi connectivity index (χ0v) is 7.14. The topological polar surface area (TPSA) is 40.5 Å². The molecule has 2 nitrogen and oxygen atoms in total. The van der Waals surface area contributed by atoms with Crippen LogP contribution in [0, 0.1) is 12.7 Å². The van der Waals surface area contributed by atoms with Crippen LogP contribution in [-0.2, 0) is 0 Å². The Kier molecular flexibility index (Phi) is 2.72. The fourth-order valence-corrected chi connectivity index (χ4v) is 1.16. The summed E-state index contributed by atoms with van der Waals surface area (Å²) in [6.07, 6.45) is 0. The van der Waals surface area contributed by atoms with E-state index in [2.05, 4.69) is 0 Å². The molecule has 0 radical (unpaired) electrons. The molecule has 0 saturated heterocycles. The standard InChI is InChI=1S/C7H7BClFO2/c1-4-2-3-5(9)6(7(4)10)8(11)12/h2-3,11-12H,1H3. The third-order valence-electron chi connectivity index (χ3n) is 1.58. The van der Waals surface area contributed by atoms with Crippen LogP contribution in [0.1, 0.15) is 5.56 Å². The zero-order chi connectivity index (χ0) is 9.30. The third kappa shape index (κ3) is 1.60. The van der Waals surface area contributed by atoms with Gasteiger partial charge in [0.05, 0.1) is 0 Å². The van der Waals surface area contributed by atoms with E-state index in [9.17, 15) is 4.39 Å². The van der Waals surface area contributed by atoms with Crippen LogP contribution in [-0.4, -0.2) is 17.2 Å². The van der Waals surface area contributed by atoms with E-state index in [1.165, 1.54) is 19.1 Å². The molecule has 0 atom stereocenters. The van der Waals surface area contributed by atoms with E-state index in [0.717, 1.165) is 0 Å². The van der Waals surface area contributed by atoms with Crippen LogP contribution in [0.15, 0.2) is 12.1 Å². The van der Waals surface area contributed by atoms with Gasteiger partial charge in [-0.25, -0.2) is 4.39 Å². The van der Waals surface area contributed by atoms with E-state index in [-0.39, 0.29) is 10.5 Å². The van der Waals surface area contributed by atoms with Crippen LogP contribution in [0.25, 0.3) is 0 Å². The maximum absolute atomic E-state index is 13.1. The molecular weight excluding hydrogens is 181 g/mol. The van der Waals surface area contributed by atoms with Gasteiger partial charge in [0.25, 0.3) is 0 Å². The Morgan fingerprint density at radius 1 is 1.42 bits per heavy atom. The van der Waals surface area contributed by atoms with E-state index >= 15 is 0 Å². The first-order valence-corrected chi connectivity index (χ1v) is 3.72. The number of hydrogen-bond donors (Lipinski definition) is 2. The van der Waals surface area contributed by atoms with Gasteiger partial charge in [0, 0.05) is 10.5 Å². The van der Waals surface area contributed by atoms with Gasteiger partial charge in [-0.3, -0.25) is 0 Å². The molecule has 0 spiro atoms. The Morgan fingerprint density at radius 2 is 2.00 bits per heavy atom. The normalized spacial score (nSPS) is 10.1. The molecule has 0 aliphatic rings. The first-order valence-electron chi connectivity index (χ1n) is 3.34. The van der Waals surface area contributed by atoms with Crippen molar-refractivity contribution in [2.24, 2.45) is 0 Å². The molecule has 0 aliphatic carbocycles. The lowest BCUT2D eigenvalue weighted by Gasteiger charge is -2.05. The second-order valence-corrected chi connectivity index (χ2v) is 2.87. The minimum Gasteiger partial charge on any atom is -0.423 e. The quantitative estimate of drug-likeness (QED) is 0.629. The van der Waals surface area contributed by atoms with Crippen molar-refractivity contribution in [2.45, 2.75) is 6.92 Å². The highest BCUT2D eigenvalue weighted by Crippen LogP contribution is 2.11. The molecule has 1 aromatic rings. The molecule has 2 N–H and O–H groups in total. The van der Waals surface area contributed by atoms with Gasteiger partial charge in [-0.1, -0.05) is 17.7 Å². The molecule has 5 heteroatoms. The van der Waals surface area contributed by atoms with Crippen LogP contribution in [0.5, 0.6) is 0 Å². The number of aryl methyl sites for hydroxylation is 1. The van der Waals surface area contributed by atoms with Crippen molar-refractivity contribution in [3.63, 3.8) is 0 Å². The predicted octanol–water partition coefficient (Wildman–Crippen LogP) is 0.467. The molecule has 64 valence electrons. The maximum atomic E-state index is 13.1. The van der Waals surface area contributed by atoms with Gasteiger partial charge in [0.1, 0.15) is 5.82 Å². The SMILES string of the molecule is Cc1ccc(Cl)c(B(O)O)c1F. The summed E-state index contributed by atoms with van der Waals surface area (Å²) >= 11 is 5.54. The molecule has 0 fully saturated rings. The summed E-state index contributed by atoms with van der Waals surface area (Å²) in [5, 5.41) is 17.5. The summed E-state index contributed by atoms with van der Waals surface area (Å²) in [6.45, 7) is 1.53. The first kappa shape index (κ1) is 9.51. The maximum Gasteiger partial charge on any atom is 0.493 e. The van der Waals surface area contributed by atoms with Crippen molar-refractivity contribution >= 4 is 24.2 Å². The fraction of sp³-hybridized carbons (Fsp3) is 0.143. The number of rotatable bonds is 1. The molecule has 0 saturated carbocycles. The van der Waals surface area contributed by atoms with Crippen molar-refractivity contribution in [3.8, 4) is 0 Å². The van der Waals surface area contributed by atoms with Gasteiger partial charge in [0.2, 0.25) is 0 Å². The Bertz CT molecular complexity index is 304. The highest BCUT2D eigenvalue weighted by molar-refractivity contribution is 6.62. The number of hydrogen-bond acceptors (Lipinski definition) is 2. The van der Waals surface area contributed by atoms with Crippen molar-refractivity contribution in [1.29, 1.82) is 0 Å². The molecule has 12 heavy (non-hydrogen) atoms. The minimum absolute atomic E-state index is 0.0214. The Morgan fingerprint density at radius 3 is 2.42 bits per heavy atom. The van der Waals surface area contributed by atoms with Gasteiger partial charge in [-0.15, -0.1) is 0 Å². The van der Waals surface area contributed by atoms with E-state index < -0.39 is 12.9 Å². The van der Waals surface area contributed by atoms with Crippen molar-refractivity contribution in [3.05, 3.63) is 28.5 Å². The van der Waals surface area contributed by atoms with Crippen LogP contribution >= 0.6 is 11.6 Å². The van der Waals surface area contributed by atoms with Crippen LogP contribution in [0.4, 0.5) is 4.39 Å². The zero-order valence-electron chi connectivity index (χ0n) is 6.38. The van der Waals surface area contributed by atoms with Gasteiger partial charge in [-0.2, -0.15) is 0 Å². The monoisotopic (exact) mass is 188 g/mol. The van der Waals surface area contributed by atoms with Gasteiger partial charge < -0.3 is 10.0 Å². The Labute approximate surface area is 74.7 Å². The lowest BCUT2D eigenvalue weighted by atomic mass is 9.79. The van der Waals surface area contributed by atoms with Crippen LogP contribution in [0.3, 0.4) is 0 Å². The molecule has 0 unspecified atom stereocenters. The predicted molar refractivity (Wildman–Crippen MR) is 46.0 cm³/mol. The molecular formula is C7H7BClFO2. The summed E-state index contributed by atoms with van der Waals surface area (Å²) in [6, 6.07) is 2.90. The number of halogens is 2. The molecule has 0 bridgehead atoms. The van der Waals surface area contributed by atoms with E-state index in [4.69, 9.17) is 21.6 Å². The number of benzene rings is 1. The van der Waals surface area contributed by atoms with E-state index in [1.807, 2.05) is 0 Å². The summed E-state index contributed by atoms with van der Waals surface area (Å²) in [7, 11) is -1.86. The minimum atomic E-state index is -1.86. The molecule has 0 aliphatic heterocycles. The Balaban J connectivity index is 3.33. The summed E-state index contributed by atoms with van der Waals surface area (Å²) in [5.74, 6) is -0.669. The Hall–Kier alpha value is -0.575. The second-order valence-electron chi connectivity index (χ2n) is 2.47. The molecule has 1 rings (SSSR count).